The van der Waals surface area contributed by atoms with E-state index in [1.54, 1.807) is 72.8 Å². The Morgan fingerprint density at radius 3 is 1.30 bits per heavy atom. The van der Waals surface area contributed by atoms with Crippen molar-refractivity contribution in [1.29, 1.82) is 0 Å². The highest BCUT2D eigenvalue weighted by molar-refractivity contribution is 6.55. The van der Waals surface area contributed by atoms with Crippen molar-refractivity contribution in [3.63, 3.8) is 0 Å². The fourth-order valence-electron chi connectivity index (χ4n) is 6.51. The number of halogens is 10. The maximum Gasteiger partial charge on any atom is 0.263 e. The minimum atomic E-state index is -1.84. The zero-order valence-electron chi connectivity index (χ0n) is 28.1. The Morgan fingerprint density at radius 2 is 0.821 bits per heavy atom. The van der Waals surface area contributed by atoms with Crippen molar-refractivity contribution in [2.75, 3.05) is 0 Å². The second-order valence-corrected chi connectivity index (χ2v) is 16.7. The van der Waals surface area contributed by atoms with Crippen LogP contribution in [0.1, 0.15) is 16.7 Å². The summed E-state index contributed by atoms with van der Waals surface area (Å²) in [6, 6.07) is 35.5. The lowest BCUT2D eigenvalue weighted by Crippen LogP contribution is -2.32. The zero-order valence-corrected chi connectivity index (χ0v) is 35.7. The third-order valence-electron chi connectivity index (χ3n) is 9.01. The van der Waals surface area contributed by atoms with Crippen LogP contribution in [0.25, 0.3) is 33.9 Å². The van der Waals surface area contributed by atoms with Gasteiger partial charge in [0.1, 0.15) is 5.82 Å². The Labute approximate surface area is 371 Å². The number of rotatable bonds is 7. The van der Waals surface area contributed by atoms with Crippen molar-refractivity contribution < 1.29 is 0 Å². The van der Waals surface area contributed by atoms with E-state index in [0.29, 0.717) is 81.3 Å². The van der Waals surface area contributed by atoms with Gasteiger partial charge in [0.2, 0.25) is 0 Å². The van der Waals surface area contributed by atoms with Crippen LogP contribution in [0, 0.1) is 0 Å². The van der Waals surface area contributed by atoms with Crippen LogP contribution in [0.5, 0.6) is 0 Å². The molecule has 56 heavy (non-hydrogen) atoms. The van der Waals surface area contributed by atoms with Crippen molar-refractivity contribution >= 4 is 127 Å². The highest BCUT2D eigenvalue weighted by Crippen LogP contribution is 2.51. The first-order chi connectivity index (χ1) is 26.8. The number of imidazole rings is 1. The van der Waals surface area contributed by atoms with Crippen LogP contribution >= 0.6 is 116 Å². The Kier molecular flexibility index (Phi) is 11.2. The first-order valence-electron chi connectivity index (χ1n) is 16.5. The van der Waals surface area contributed by atoms with Crippen molar-refractivity contribution in [3.8, 4) is 33.9 Å². The van der Waals surface area contributed by atoms with Crippen LogP contribution in [0.2, 0.25) is 50.2 Å². The molecule has 0 fully saturated rings. The zero-order chi connectivity index (χ0) is 39.5. The van der Waals surface area contributed by atoms with E-state index >= 15 is 0 Å². The van der Waals surface area contributed by atoms with E-state index in [2.05, 4.69) is 0 Å². The second-order valence-electron chi connectivity index (χ2n) is 12.6. The fourth-order valence-corrected chi connectivity index (χ4v) is 8.43. The molecule has 0 saturated heterocycles. The molecule has 7 aromatic rings. The molecule has 0 bridgehead atoms. The minimum absolute atomic E-state index is 0.140. The number of nitrogens with zero attached hydrogens (tertiary/aromatic N) is 4. The van der Waals surface area contributed by atoms with Gasteiger partial charge in [0.15, 0.2) is 0 Å². The van der Waals surface area contributed by atoms with Gasteiger partial charge in [0.05, 0.1) is 42.9 Å². The lowest BCUT2D eigenvalue weighted by atomic mass is 10.0. The molecule has 1 aliphatic heterocycles. The molecule has 0 aliphatic carbocycles. The van der Waals surface area contributed by atoms with Crippen molar-refractivity contribution in [2.24, 2.45) is 9.98 Å². The summed E-state index contributed by atoms with van der Waals surface area (Å²) in [5.74, 6) is -1.56. The molecule has 6 aromatic carbocycles. The SMILES string of the molecule is Clc1ccc(C2=NC(c3cc(Cl)cc(Cl)c3Cl)(n3c(-c4cc(Cl)cc(Cl)c4Cl)nc(-c4ccc(Cl)cc4)c3-c3ccc(Cl)cc3)N=C2c2ccc(Cl)cc2)cc1. The average Bonchev–Trinajstić information content (AvgIpc) is 3.77. The van der Waals surface area contributed by atoms with Crippen molar-refractivity contribution in [3.05, 3.63) is 188 Å². The predicted molar refractivity (Wildman–Crippen MR) is 238 cm³/mol. The molecule has 0 spiro atoms. The van der Waals surface area contributed by atoms with Gasteiger partial charge in [-0.05, 0) is 72.8 Å². The van der Waals surface area contributed by atoms with E-state index in [1.807, 2.05) is 53.1 Å². The third-order valence-corrected chi connectivity index (χ3v) is 12.1. The molecule has 0 amide bonds. The second kappa shape index (κ2) is 15.8. The van der Waals surface area contributed by atoms with Crippen LogP contribution in [0.3, 0.4) is 0 Å². The van der Waals surface area contributed by atoms with Crippen LogP contribution in [-0.2, 0) is 5.79 Å². The van der Waals surface area contributed by atoms with Crippen molar-refractivity contribution in [1.82, 2.24) is 9.55 Å². The molecule has 0 unspecified atom stereocenters. The average molecular weight is 935 g/mol. The van der Waals surface area contributed by atoms with E-state index in [4.69, 9.17) is 131 Å². The van der Waals surface area contributed by atoms with Crippen LogP contribution in [0.15, 0.2) is 131 Å². The molecule has 0 saturated carbocycles. The van der Waals surface area contributed by atoms with Crippen LogP contribution in [0.4, 0.5) is 0 Å². The minimum Gasteiger partial charge on any atom is -0.275 e. The molecule has 278 valence electrons. The molecule has 1 aromatic heterocycles. The highest BCUT2D eigenvalue weighted by Gasteiger charge is 2.47. The summed E-state index contributed by atoms with van der Waals surface area (Å²) in [7, 11) is 0. The summed E-state index contributed by atoms with van der Waals surface area (Å²) in [5, 5.41) is 3.41. The first kappa shape index (κ1) is 39.6. The van der Waals surface area contributed by atoms with E-state index in [-0.39, 0.29) is 30.9 Å². The van der Waals surface area contributed by atoms with Crippen molar-refractivity contribution in [2.45, 2.75) is 5.79 Å². The van der Waals surface area contributed by atoms with E-state index in [0.717, 1.165) is 0 Å². The summed E-state index contributed by atoms with van der Waals surface area (Å²) < 4.78 is 1.85. The normalized spacial score (nSPS) is 13.5. The van der Waals surface area contributed by atoms with E-state index in [1.165, 1.54) is 0 Å². The third kappa shape index (κ3) is 7.35. The molecule has 0 radical (unpaired) electrons. The summed E-state index contributed by atoms with van der Waals surface area (Å²) in [6.45, 7) is 0. The first-order valence-corrected chi connectivity index (χ1v) is 20.3. The quantitative estimate of drug-likeness (QED) is 0.147. The summed E-state index contributed by atoms with van der Waals surface area (Å²) >= 11 is 67.1. The Balaban J connectivity index is 1.63. The fraction of sp³-hybridized carbons (Fsp3) is 0.0238. The summed E-state index contributed by atoms with van der Waals surface area (Å²) in [5.41, 5.74) is 5.51. The molecule has 0 N–H and O–H groups in total. The molecule has 2 heterocycles. The standard InChI is InChI=1S/C42H20Cl10N4/c43-25-9-1-21(2-10-25)37-38(22-3-11-26(44)12-4-22)55-42(54-37,32-18-30(48)20-34(50)36(32)52)56-40(24-7-15-28(46)16-8-24)39(23-5-13-27(45)14-6-23)53-41(56)31-17-29(47)19-33(49)35(31)51/h1-20H. The Bertz CT molecular complexity index is 2660. The predicted octanol–water partition coefficient (Wildman–Crippen LogP) is 16.1. The van der Waals surface area contributed by atoms with Gasteiger partial charge in [0, 0.05) is 63.5 Å². The van der Waals surface area contributed by atoms with E-state index in [9.17, 15) is 0 Å². The monoisotopic (exact) mass is 930 g/mol. The molecule has 0 atom stereocenters. The van der Waals surface area contributed by atoms with Gasteiger partial charge in [-0.25, -0.2) is 15.0 Å². The lowest BCUT2D eigenvalue weighted by molar-refractivity contribution is 0.409. The maximum atomic E-state index is 7.26. The van der Waals surface area contributed by atoms with Crippen LogP contribution in [-0.4, -0.2) is 21.0 Å². The van der Waals surface area contributed by atoms with Gasteiger partial charge in [-0.15, -0.1) is 0 Å². The highest BCUT2D eigenvalue weighted by atomic mass is 35.5. The van der Waals surface area contributed by atoms with Gasteiger partial charge in [-0.3, -0.25) is 4.57 Å². The molecule has 8 rings (SSSR count). The Morgan fingerprint density at radius 1 is 0.411 bits per heavy atom. The van der Waals surface area contributed by atoms with Crippen LogP contribution < -0.4 is 0 Å². The van der Waals surface area contributed by atoms with Gasteiger partial charge in [0.25, 0.3) is 5.79 Å². The number of hydrogen-bond donors (Lipinski definition) is 0. The van der Waals surface area contributed by atoms with E-state index < -0.39 is 5.79 Å². The Hall–Kier alpha value is -3.23. The molecule has 1 aliphatic rings. The largest absolute Gasteiger partial charge is 0.275 e. The summed E-state index contributed by atoms with van der Waals surface area (Å²) in [6.07, 6.45) is 0. The topological polar surface area (TPSA) is 42.5 Å². The van der Waals surface area contributed by atoms with Gasteiger partial charge in [-0.1, -0.05) is 165 Å². The number of aliphatic imine (C=N–C) groups is 2. The summed E-state index contributed by atoms with van der Waals surface area (Å²) in [4.78, 5) is 16.5. The van der Waals surface area contributed by atoms with Gasteiger partial charge < -0.3 is 0 Å². The molecular weight excluding hydrogens is 915 g/mol. The lowest BCUT2D eigenvalue weighted by Gasteiger charge is -2.31. The maximum absolute atomic E-state index is 7.26. The van der Waals surface area contributed by atoms with Gasteiger partial charge in [-0.2, -0.15) is 0 Å². The van der Waals surface area contributed by atoms with Gasteiger partial charge >= 0.3 is 0 Å². The number of hydrogen-bond acceptors (Lipinski definition) is 3. The molecular formula is C42H20Cl10N4. The number of aromatic nitrogens is 2. The number of benzene rings is 6. The molecule has 4 nitrogen and oxygen atoms in total. The molecule has 14 heteroatoms. The smallest absolute Gasteiger partial charge is 0.263 e.